The lowest BCUT2D eigenvalue weighted by molar-refractivity contribution is 0.0695. The van der Waals surface area contributed by atoms with Crippen molar-refractivity contribution in [3.05, 3.63) is 23.2 Å². The third-order valence-corrected chi connectivity index (χ3v) is 3.51. The minimum atomic E-state index is -1.04. The molecule has 0 saturated heterocycles. The minimum Gasteiger partial charge on any atom is -0.478 e. The number of nitrogens with one attached hydrogen (secondary N) is 2. The van der Waals surface area contributed by atoms with E-state index in [0.29, 0.717) is 18.1 Å². The molecule has 1 aromatic heterocycles. The van der Waals surface area contributed by atoms with Crippen LogP contribution in [0.5, 0.6) is 0 Å². The van der Waals surface area contributed by atoms with Gasteiger partial charge in [0.2, 0.25) is 0 Å². The van der Waals surface area contributed by atoms with Crippen LogP contribution in [0.1, 0.15) is 35.7 Å². The lowest BCUT2D eigenvalue weighted by Crippen LogP contribution is -2.50. The summed E-state index contributed by atoms with van der Waals surface area (Å²) in [5.41, 5.74) is -0.0457. The molecule has 1 heterocycles. The van der Waals surface area contributed by atoms with E-state index in [-0.39, 0.29) is 23.7 Å². The SMILES string of the molecule is Cc1oc(CNC(=O)NCC(C)(C)N(C)C)cc1C(=O)O. The van der Waals surface area contributed by atoms with Gasteiger partial charge in [0.15, 0.2) is 0 Å². The predicted molar refractivity (Wildman–Crippen MR) is 78.4 cm³/mol. The second-order valence-corrected chi connectivity index (χ2v) is 5.73. The minimum absolute atomic E-state index is 0.112. The maximum Gasteiger partial charge on any atom is 0.339 e. The van der Waals surface area contributed by atoms with Crippen LogP contribution < -0.4 is 10.6 Å². The highest BCUT2D eigenvalue weighted by Crippen LogP contribution is 2.14. The third-order valence-electron chi connectivity index (χ3n) is 3.51. The monoisotopic (exact) mass is 297 g/mol. The fraction of sp³-hybridized carbons (Fsp3) is 0.571. The standard InChI is InChI=1S/C14H23N3O4/c1-9-11(12(18)19)6-10(21-9)7-15-13(20)16-8-14(2,3)17(4)5/h6H,7-8H2,1-5H3,(H,18,19)(H2,15,16,20). The summed E-state index contributed by atoms with van der Waals surface area (Å²) >= 11 is 0. The second-order valence-electron chi connectivity index (χ2n) is 5.73. The van der Waals surface area contributed by atoms with Gasteiger partial charge in [-0.1, -0.05) is 0 Å². The first-order chi connectivity index (χ1) is 9.63. The van der Waals surface area contributed by atoms with Crippen LogP contribution in [0.2, 0.25) is 0 Å². The molecule has 0 aliphatic carbocycles. The molecule has 1 aromatic rings. The van der Waals surface area contributed by atoms with E-state index in [2.05, 4.69) is 10.6 Å². The summed E-state index contributed by atoms with van der Waals surface area (Å²) in [6.45, 7) is 6.24. The number of urea groups is 1. The highest BCUT2D eigenvalue weighted by atomic mass is 16.4. The predicted octanol–water partition coefficient (Wildman–Crippen LogP) is 1.43. The average molecular weight is 297 g/mol. The van der Waals surface area contributed by atoms with Crippen LogP contribution in [0.4, 0.5) is 4.79 Å². The summed E-state index contributed by atoms with van der Waals surface area (Å²) in [6.07, 6.45) is 0. The molecule has 0 aromatic carbocycles. The number of likely N-dealkylation sites (N-methyl/N-ethyl adjacent to an activating group) is 1. The molecule has 118 valence electrons. The van der Waals surface area contributed by atoms with Crippen LogP contribution in [0.25, 0.3) is 0 Å². The highest BCUT2D eigenvalue weighted by Gasteiger charge is 2.21. The molecule has 7 nitrogen and oxygen atoms in total. The molecular formula is C14H23N3O4. The number of hydrogen-bond acceptors (Lipinski definition) is 4. The van der Waals surface area contributed by atoms with Gasteiger partial charge in [0.25, 0.3) is 0 Å². The van der Waals surface area contributed by atoms with E-state index in [1.54, 1.807) is 6.92 Å². The number of carbonyl (C=O) groups is 2. The van der Waals surface area contributed by atoms with Gasteiger partial charge >= 0.3 is 12.0 Å². The Morgan fingerprint density at radius 3 is 2.43 bits per heavy atom. The van der Waals surface area contributed by atoms with Gasteiger partial charge in [0.05, 0.1) is 6.54 Å². The zero-order valence-corrected chi connectivity index (χ0v) is 13.1. The first-order valence-electron chi connectivity index (χ1n) is 6.65. The van der Waals surface area contributed by atoms with Gasteiger partial charge < -0.3 is 25.1 Å². The average Bonchev–Trinajstić information content (AvgIpc) is 2.75. The van der Waals surface area contributed by atoms with Gasteiger partial charge in [0.1, 0.15) is 17.1 Å². The Labute approximate surface area is 124 Å². The Morgan fingerprint density at radius 1 is 1.33 bits per heavy atom. The summed E-state index contributed by atoms with van der Waals surface area (Å²) < 4.78 is 5.28. The highest BCUT2D eigenvalue weighted by molar-refractivity contribution is 5.88. The molecule has 3 N–H and O–H groups in total. The van der Waals surface area contributed by atoms with E-state index < -0.39 is 5.97 Å². The summed E-state index contributed by atoms with van der Waals surface area (Å²) in [6, 6.07) is 1.10. The van der Waals surface area contributed by atoms with Crippen LogP contribution in [-0.4, -0.2) is 48.2 Å². The van der Waals surface area contributed by atoms with Crippen molar-refractivity contribution in [3.63, 3.8) is 0 Å². The van der Waals surface area contributed by atoms with E-state index in [1.807, 2.05) is 32.8 Å². The van der Waals surface area contributed by atoms with Gasteiger partial charge in [-0.25, -0.2) is 9.59 Å². The Hall–Kier alpha value is -2.02. The van der Waals surface area contributed by atoms with Crippen LogP contribution in [-0.2, 0) is 6.54 Å². The molecule has 0 aliphatic heterocycles. The Balaban J connectivity index is 2.47. The van der Waals surface area contributed by atoms with Crippen molar-refractivity contribution < 1.29 is 19.1 Å². The molecule has 0 saturated carbocycles. The van der Waals surface area contributed by atoms with Crippen LogP contribution in [0.3, 0.4) is 0 Å². The fourth-order valence-electron chi connectivity index (χ4n) is 1.53. The fourth-order valence-corrected chi connectivity index (χ4v) is 1.53. The number of nitrogens with zero attached hydrogens (tertiary/aromatic N) is 1. The lowest BCUT2D eigenvalue weighted by Gasteiger charge is -2.32. The molecule has 0 aliphatic rings. The van der Waals surface area contributed by atoms with E-state index in [9.17, 15) is 9.59 Å². The Morgan fingerprint density at radius 2 is 1.95 bits per heavy atom. The summed E-state index contributed by atoms with van der Waals surface area (Å²) in [5.74, 6) is -0.306. The first-order valence-corrected chi connectivity index (χ1v) is 6.65. The van der Waals surface area contributed by atoms with Gasteiger partial charge in [0, 0.05) is 12.1 Å². The molecule has 0 fully saturated rings. The number of hydrogen-bond donors (Lipinski definition) is 3. The number of aryl methyl sites for hydroxylation is 1. The van der Waals surface area contributed by atoms with Crippen molar-refractivity contribution in [1.82, 2.24) is 15.5 Å². The lowest BCUT2D eigenvalue weighted by atomic mass is 10.1. The molecule has 0 atom stereocenters. The molecule has 21 heavy (non-hydrogen) atoms. The quantitative estimate of drug-likeness (QED) is 0.738. The summed E-state index contributed by atoms with van der Waals surface area (Å²) in [5, 5.41) is 14.3. The normalized spacial score (nSPS) is 11.5. The molecule has 0 spiro atoms. The zero-order chi connectivity index (χ0) is 16.2. The van der Waals surface area contributed by atoms with E-state index >= 15 is 0 Å². The van der Waals surface area contributed by atoms with Crippen molar-refractivity contribution in [2.75, 3.05) is 20.6 Å². The van der Waals surface area contributed by atoms with E-state index in [1.165, 1.54) is 6.07 Å². The van der Waals surface area contributed by atoms with Gasteiger partial charge in [-0.2, -0.15) is 0 Å². The number of furan rings is 1. The van der Waals surface area contributed by atoms with Crippen molar-refractivity contribution in [3.8, 4) is 0 Å². The number of carboxylic acids is 1. The molecule has 1 rings (SSSR count). The number of amides is 2. The van der Waals surface area contributed by atoms with Crippen molar-refractivity contribution in [2.24, 2.45) is 0 Å². The van der Waals surface area contributed by atoms with E-state index in [4.69, 9.17) is 9.52 Å². The van der Waals surface area contributed by atoms with Gasteiger partial charge in [-0.3, -0.25) is 0 Å². The van der Waals surface area contributed by atoms with Crippen molar-refractivity contribution in [1.29, 1.82) is 0 Å². The van der Waals surface area contributed by atoms with Crippen LogP contribution in [0.15, 0.2) is 10.5 Å². The Bertz CT molecular complexity index is 520. The molecular weight excluding hydrogens is 274 g/mol. The summed E-state index contributed by atoms with van der Waals surface area (Å²) in [7, 11) is 3.89. The van der Waals surface area contributed by atoms with Crippen molar-refractivity contribution >= 4 is 12.0 Å². The maximum absolute atomic E-state index is 11.7. The molecule has 0 unspecified atom stereocenters. The number of aromatic carboxylic acids is 1. The third kappa shape index (κ3) is 4.78. The largest absolute Gasteiger partial charge is 0.478 e. The molecule has 2 amide bonds. The van der Waals surface area contributed by atoms with Gasteiger partial charge in [-0.15, -0.1) is 0 Å². The first kappa shape index (κ1) is 17.0. The van der Waals surface area contributed by atoms with Crippen LogP contribution >= 0.6 is 0 Å². The van der Waals surface area contributed by atoms with Crippen molar-refractivity contribution in [2.45, 2.75) is 32.9 Å². The zero-order valence-electron chi connectivity index (χ0n) is 13.1. The molecule has 0 bridgehead atoms. The molecule has 0 radical (unpaired) electrons. The number of carbonyl (C=O) groups excluding carboxylic acids is 1. The number of carboxylic acid groups (broad SMARTS) is 1. The topological polar surface area (TPSA) is 94.8 Å². The molecule has 7 heteroatoms. The Kier molecular flexibility index (Phi) is 5.37. The smallest absolute Gasteiger partial charge is 0.339 e. The second kappa shape index (κ2) is 6.62. The maximum atomic E-state index is 11.7. The van der Waals surface area contributed by atoms with E-state index in [0.717, 1.165) is 0 Å². The summed E-state index contributed by atoms with van der Waals surface area (Å²) in [4.78, 5) is 24.6. The van der Waals surface area contributed by atoms with Crippen LogP contribution in [0, 0.1) is 6.92 Å². The number of rotatable bonds is 6. The van der Waals surface area contributed by atoms with Gasteiger partial charge in [-0.05, 0) is 40.9 Å².